The lowest BCUT2D eigenvalue weighted by molar-refractivity contribution is -0.118. The number of Topliss-reactive ketones (excluding diaryl/α,β-unsaturated/α-hetero) is 1. The number of nitrogens with two attached hydrogens (primary N) is 1. The van der Waals surface area contributed by atoms with Crippen LogP contribution in [-0.2, 0) is 17.9 Å². The minimum Gasteiger partial charge on any atom is -0.491 e. The fourth-order valence-corrected chi connectivity index (χ4v) is 4.63. The van der Waals surface area contributed by atoms with Crippen LogP contribution in [-0.4, -0.2) is 40.4 Å². The molecule has 168 valence electrons. The summed E-state index contributed by atoms with van der Waals surface area (Å²) >= 11 is 0. The van der Waals surface area contributed by atoms with E-state index in [1.807, 2.05) is 67.1 Å². The molecule has 1 unspecified atom stereocenters. The van der Waals surface area contributed by atoms with Crippen LogP contribution in [0.1, 0.15) is 42.6 Å². The molecule has 6 heteroatoms. The molecule has 1 aliphatic heterocycles. The van der Waals surface area contributed by atoms with Crippen LogP contribution in [0.25, 0.3) is 10.9 Å². The maximum Gasteiger partial charge on any atom is 0.237 e. The number of hydrogen-bond donors (Lipinski definition) is 1. The first kappa shape index (κ1) is 22.1. The van der Waals surface area contributed by atoms with Crippen molar-refractivity contribution in [2.45, 2.75) is 45.9 Å². The van der Waals surface area contributed by atoms with Crippen molar-refractivity contribution in [2.75, 3.05) is 13.1 Å². The molecule has 0 aliphatic carbocycles. The van der Waals surface area contributed by atoms with E-state index in [4.69, 9.17) is 10.5 Å². The molecule has 1 aliphatic rings. The Hall–Kier alpha value is -3.12. The molecule has 1 atom stereocenters. The average Bonchev–Trinajstić information content (AvgIpc) is 3.10. The summed E-state index contributed by atoms with van der Waals surface area (Å²) in [5.74, 6) is 0.530. The fourth-order valence-electron chi connectivity index (χ4n) is 4.63. The molecule has 0 bridgehead atoms. The predicted molar refractivity (Wildman–Crippen MR) is 126 cm³/mol. The first-order valence-corrected chi connectivity index (χ1v) is 11.3. The van der Waals surface area contributed by atoms with E-state index in [0.29, 0.717) is 5.56 Å². The summed E-state index contributed by atoms with van der Waals surface area (Å²) in [6, 6.07) is 15.6. The second-order valence-corrected chi connectivity index (χ2v) is 8.90. The lowest BCUT2D eigenvalue weighted by atomic mass is 9.89. The molecule has 2 N–H and O–H groups in total. The fraction of sp³-hybridized carbons (Fsp3) is 0.385. The van der Waals surface area contributed by atoms with Gasteiger partial charge in [0, 0.05) is 41.7 Å². The van der Waals surface area contributed by atoms with Gasteiger partial charge in [-0.25, -0.2) is 0 Å². The highest BCUT2D eigenvalue weighted by Gasteiger charge is 2.27. The molecule has 2 heterocycles. The summed E-state index contributed by atoms with van der Waals surface area (Å²) < 4.78 is 7.68. The number of amides is 1. The van der Waals surface area contributed by atoms with Crippen molar-refractivity contribution < 1.29 is 14.3 Å². The van der Waals surface area contributed by atoms with Gasteiger partial charge in [-0.15, -0.1) is 0 Å². The molecule has 3 aromatic rings. The van der Waals surface area contributed by atoms with Crippen molar-refractivity contribution in [1.29, 1.82) is 0 Å². The third-order valence-corrected chi connectivity index (χ3v) is 5.96. The normalized spacial score (nSPS) is 17.0. The van der Waals surface area contributed by atoms with Crippen LogP contribution in [0.15, 0.2) is 54.7 Å². The minimum absolute atomic E-state index is 0.0305. The van der Waals surface area contributed by atoms with E-state index in [1.165, 1.54) is 0 Å². The molecular weight excluding hydrogens is 402 g/mol. The highest BCUT2D eigenvalue weighted by atomic mass is 16.5. The number of ether oxygens (including phenoxy) is 1. The number of nitrogens with zero attached hydrogens (tertiary/aromatic N) is 2. The van der Waals surface area contributed by atoms with Gasteiger partial charge in [0.15, 0.2) is 5.78 Å². The van der Waals surface area contributed by atoms with Crippen LogP contribution in [0.2, 0.25) is 0 Å². The molecule has 1 fully saturated rings. The molecule has 6 nitrogen and oxygen atoms in total. The zero-order valence-corrected chi connectivity index (χ0v) is 18.8. The Balaban J connectivity index is 1.49. The zero-order valence-electron chi connectivity index (χ0n) is 18.8. The number of rotatable bonds is 8. The van der Waals surface area contributed by atoms with Gasteiger partial charge in [-0.3, -0.25) is 14.5 Å². The average molecular weight is 434 g/mol. The lowest BCUT2D eigenvalue weighted by Gasteiger charge is -2.32. The van der Waals surface area contributed by atoms with Gasteiger partial charge in [0.05, 0.1) is 6.10 Å². The SMILES string of the molecule is CC(C)Oc1cccc(C(=O)C2CCCN(Cc3cn(CC(N)=O)c4ccccc34)C2)c1. The maximum atomic E-state index is 13.2. The van der Waals surface area contributed by atoms with Crippen molar-refractivity contribution >= 4 is 22.6 Å². The van der Waals surface area contributed by atoms with Crippen molar-refractivity contribution in [3.63, 3.8) is 0 Å². The van der Waals surface area contributed by atoms with E-state index < -0.39 is 0 Å². The predicted octanol–water partition coefficient (Wildman–Crippen LogP) is 4.01. The van der Waals surface area contributed by atoms with Gasteiger partial charge in [-0.05, 0) is 57.0 Å². The van der Waals surface area contributed by atoms with E-state index in [-0.39, 0.29) is 30.3 Å². The van der Waals surface area contributed by atoms with Crippen LogP contribution >= 0.6 is 0 Å². The Labute approximate surface area is 188 Å². The molecule has 1 aromatic heterocycles. The summed E-state index contributed by atoms with van der Waals surface area (Å²) in [4.78, 5) is 27.1. The summed E-state index contributed by atoms with van der Waals surface area (Å²) in [5.41, 5.74) is 8.31. The molecule has 32 heavy (non-hydrogen) atoms. The Kier molecular flexibility index (Phi) is 6.61. The van der Waals surface area contributed by atoms with Crippen molar-refractivity contribution in [3.05, 3.63) is 65.9 Å². The number of ketones is 1. The summed E-state index contributed by atoms with van der Waals surface area (Å²) in [5, 5.41) is 1.13. The van der Waals surface area contributed by atoms with Gasteiger partial charge in [0.2, 0.25) is 5.91 Å². The number of para-hydroxylation sites is 1. The van der Waals surface area contributed by atoms with Crippen molar-refractivity contribution in [3.8, 4) is 5.75 Å². The molecular formula is C26H31N3O3. The quantitative estimate of drug-likeness (QED) is 0.545. The number of benzene rings is 2. The standard InChI is InChI=1S/C26H31N3O3/c1-18(2)32-22-9-5-7-19(13-22)26(31)20-8-6-12-28(14-20)15-21-16-29(17-25(27)30)24-11-4-3-10-23(21)24/h3-5,7,9-11,13,16,18,20H,6,8,12,14-15,17H2,1-2H3,(H2,27,30). The van der Waals surface area contributed by atoms with E-state index in [9.17, 15) is 9.59 Å². The highest BCUT2D eigenvalue weighted by Crippen LogP contribution is 2.27. The monoisotopic (exact) mass is 433 g/mol. The molecule has 2 aromatic carbocycles. The summed E-state index contributed by atoms with van der Waals surface area (Å²) in [6.07, 6.45) is 3.97. The highest BCUT2D eigenvalue weighted by molar-refractivity contribution is 5.98. The largest absolute Gasteiger partial charge is 0.491 e. The van der Waals surface area contributed by atoms with Crippen LogP contribution < -0.4 is 10.5 Å². The summed E-state index contributed by atoms with van der Waals surface area (Å²) in [7, 11) is 0. The Morgan fingerprint density at radius 2 is 1.97 bits per heavy atom. The molecule has 4 rings (SSSR count). The Bertz CT molecular complexity index is 1120. The molecule has 0 saturated carbocycles. The summed E-state index contributed by atoms with van der Waals surface area (Å²) in [6.45, 7) is 6.55. The number of hydrogen-bond acceptors (Lipinski definition) is 4. The molecule has 1 amide bonds. The molecule has 0 spiro atoms. The minimum atomic E-state index is -0.357. The third kappa shape index (κ3) is 5.02. The van der Waals surface area contributed by atoms with E-state index in [1.54, 1.807) is 0 Å². The van der Waals surface area contributed by atoms with Crippen LogP contribution in [0, 0.1) is 5.92 Å². The third-order valence-electron chi connectivity index (χ3n) is 5.96. The van der Waals surface area contributed by atoms with Crippen molar-refractivity contribution in [2.24, 2.45) is 11.7 Å². The number of fused-ring (bicyclic) bond motifs is 1. The molecule has 0 radical (unpaired) electrons. The van der Waals surface area contributed by atoms with Gasteiger partial charge in [0.25, 0.3) is 0 Å². The van der Waals surface area contributed by atoms with E-state index in [2.05, 4.69) is 11.0 Å². The van der Waals surface area contributed by atoms with Crippen LogP contribution in [0.3, 0.4) is 0 Å². The first-order valence-electron chi connectivity index (χ1n) is 11.3. The second-order valence-electron chi connectivity index (χ2n) is 8.90. The first-order chi connectivity index (χ1) is 15.4. The van der Waals surface area contributed by atoms with Gasteiger partial charge in [-0.1, -0.05) is 30.3 Å². The van der Waals surface area contributed by atoms with Gasteiger partial charge >= 0.3 is 0 Å². The number of carbonyl (C=O) groups is 2. The second kappa shape index (κ2) is 9.57. The van der Waals surface area contributed by atoms with E-state index >= 15 is 0 Å². The van der Waals surface area contributed by atoms with E-state index in [0.717, 1.165) is 54.7 Å². The Morgan fingerprint density at radius 1 is 1.16 bits per heavy atom. The molecule has 1 saturated heterocycles. The number of primary amides is 1. The van der Waals surface area contributed by atoms with Crippen LogP contribution in [0.5, 0.6) is 5.75 Å². The number of likely N-dealkylation sites (tertiary alicyclic amines) is 1. The number of aromatic nitrogens is 1. The Morgan fingerprint density at radius 3 is 2.75 bits per heavy atom. The van der Waals surface area contributed by atoms with Crippen molar-refractivity contribution in [1.82, 2.24) is 9.47 Å². The number of carbonyl (C=O) groups excluding carboxylic acids is 2. The van der Waals surface area contributed by atoms with Crippen LogP contribution in [0.4, 0.5) is 0 Å². The van der Waals surface area contributed by atoms with Gasteiger partial charge < -0.3 is 15.0 Å². The topological polar surface area (TPSA) is 77.6 Å². The van der Waals surface area contributed by atoms with Gasteiger partial charge in [-0.2, -0.15) is 0 Å². The van der Waals surface area contributed by atoms with Gasteiger partial charge in [0.1, 0.15) is 12.3 Å². The lowest BCUT2D eigenvalue weighted by Crippen LogP contribution is -2.38. The smallest absolute Gasteiger partial charge is 0.237 e. The number of piperidine rings is 1. The maximum absolute atomic E-state index is 13.2. The zero-order chi connectivity index (χ0) is 22.7.